The smallest absolute Gasteiger partial charge is 0.119 e. The second-order valence-corrected chi connectivity index (χ2v) is 4.87. The summed E-state index contributed by atoms with van der Waals surface area (Å²) in [5.74, 6) is 1.32. The van der Waals surface area contributed by atoms with Crippen LogP contribution < -0.4 is 10.5 Å². The first-order valence-corrected chi connectivity index (χ1v) is 6.32. The summed E-state index contributed by atoms with van der Waals surface area (Å²) in [6, 6.07) is 8.17. The molecule has 94 valence electrons. The SMILES string of the molecule is CCOc1cccc(C2CCC(O)(CN)C2)c1. The lowest BCUT2D eigenvalue weighted by molar-refractivity contribution is 0.0554. The Morgan fingerprint density at radius 2 is 2.35 bits per heavy atom. The van der Waals surface area contributed by atoms with Gasteiger partial charge in [0.2, 0.25) is 0 Å². The molecule has 1 saturated carbocycles. The molecule has 1 aliphatic rings. The fourth-order valence-corrected chi connectivity index (χ4v) is 2.60. The van der Waals surface area contributed by atoms with Gasteiger partial charge in [0.25, 0.3) is 0 Å². The van der Waals surface area contributed by atoms with Crippen LogP contribution in [0.5, 0.6) is 5.75 Å². The Bertz CT molecular complexity index is 380. The van der Waals surface area contributed by atoms with Crippen molar-refractivity contribution in [2.45, 2.75) is 37.7 Å². The molecule has 1 aromatic carbocycles. The molecule has 3 N–H and O–H groups in total. The first kappa shape index (κ1) is 12.4. The Balaban J connectivity index is 2.10. The molecule has 17 heavy (non-hydrogen) atoms. The highest BCUT2D eigenvalue weighted by Gasteiger charge is 2.36. The third-order valence-corrected chi connectivity index (χ3v) is 3.60. The molecule has 3 heteroatoms. The van der Waals surface area contributed by atoms with E-state index in [2.05, 4.69) is 12.1 Å². The highest BCUT2D eigenvalue weighted by atomic mass is 16.5. The molecule has 0 radical (unpaired) electrons. The molecule has 3 nitrogen and oxygen atoms in total. The highest BCUT2D eigenvalue weighted by Crippen LogP contribution is 2.41. The van der Waals surface area contributed by atoms with Gasteiger partial charge < -0.3 is 15.6 Å². The van der Waals surface area contributed by atoms with Gasteiger partial charge >= 0.3 is 0 Å². The average Bonchev–Trinajstić information content (AvgIpc) is 2.74. The van der Waals surface area contributed by atoms with Crippen molar-refractivity contribution in [1.82, 2.24) is 0 Å². The van der Waals surface area contributed by atoms with Crippen molar-refractivity contribution in [2.75, 3.05) is 13.2 Å². The molecule has 1 fully saturated rings. The van der Waals surface area contributed by atoms with E-state index in [-0.39, 0.29) is 0 Å². The van der Waals surface area contributed by atoms with Crippen molar-refractivity contribution in [3.8, 4) is 5.75 Å². The molecule has 0 bridgehead atoms. The zero-order valence-electron chi connectivity index (χ0n) is 10.4. The van der Waals surface area contributed by atoms with Crippen molar-refractivity contribution < 1.29 is 9.84 Å². The van der Waals surface area contributed by atoms with Gasteiger partial charge in [-0.25, -0.2) is 0 Å². The van der Waals surface area contributed by atoms with Crippen LogP contribution in [0.1, 0.15) is 37.7 Å². The van der Waals surface area contributed by atoms with Gasteiger partial charge in [-0.15, -0.1) is 0 Å². The molecule has 0 amide bonds. The maximum absolute atomic E-state index is 10.1. The second kappa shape index (κ2) is 5.07. The normalized spacial score (nSPS) is 28.3. The lowest BCUT2D eigenvalue weighted by Gasteiger charge is -2.20. The van der Waals surface area contributed by atoms with Crippen LogP contribution in [0.2, 0.25) is 0 Å². The largest absolute Gasteiger partial charge is 0.494 e. The van der Waals surface area contributed by atoms with Crippen LogP contribution in [0, 0.1) is 0 Å². The minimum absolute atomic E-state index is 0.356. The van der Waals surface area contributed by atoms with E-state index in [9.17, 15) is 5.11 Å². The van der Waals surface area contributed by atoms with Crippen molar-refractivity contribution in [2.24, 2.45) is 5.73 Å². The monoisotopic (exact) mass is 235 g/mol. The summed E-state index contributed by atoms with van der Waals surface area (Å²) in [4.78, 5) is 0. The van der Waals surface area contributed by atoms with Crippen LogP contribution in [0.25, 0.3) is 0 Å². The van der Waals surface area contributed by atoms with Crippen LogP contribution in [0.15, 0.2) is 24.3 Å². The van der Waals surface area contributed by atoms with E-state index in [1.807, 2.05) is 19.1 Å². The molecule has 0 heterocycles. The van der Waals surface area contributed by atoms with E-state index in [0.29, 0.717) is 19.1 Å². The molecule has 0 spiro atoms. The number of rotatable bonds is 4. The van der Waals surface area contributed by atoms with E-state index >= 15 is 0 Å². The van der Waals surface area contributed by atoms with Crippen LogP contribution >= 0.6 is 0 Å². The molecule has 2 rings (SSSR count). The maximum atomic E-state index is 10.1. The fraction of sp³-hybridized carbons (Fsp3) is 0.571. The van der Waals surface area contributed by atoms with Crippen molar-refractivity contribution >= 4 is 0 Å². The van der Waals surface area contributed by atoms with Gasteiger partial charge in [-0.05, 0) is 49.8 Å². The number of nitrogens with two attached hydrogens (primary N) is 1. The number of hydrogen-bond acceptors (Lipinski definition) is 3. The standard InChI is InChI=1S/C14H21NO2/c1-2-17-13-5-3-4-11(8-13)12-6-7-14(16,9-12)10-15/h3-5,8,12,16H,2,6-7,9-10,15H2,1H3. The van der Waals surface area contributed by atoms with E-state index < -0.39 is 5.60 Å². The zero-order valence-corrected chi connectivity index (χ0v) is 10.4. The Hall–Kier alpha value is -1.06. The van der Waals surface area contributed by atoms with E-state index in [4.69, 9.17) is 10.5 Å². The summed E-state index contributed by atoms with van der Waals surface area (Å²) in [6.45, 7) is 3.02. The molecule has 1 aromatic rings. The quantitative estimate of drug-likeness (QED) is 0.839. The molecular weight excluding hydrogens is 214 g/mol. The van der Waals surface area contributed by atoms with Crippen LogP contribution in [-0.4, -0.2) is 23.9 Å². The maximum Gasteiger partial charge on any atom is 0.119 e. The third-order valence-electron chi connectivity index (χ3n) is 3.60. The summed E-state index contributed by atoms with van der Waals surface area (Å²) < 4.78 is 5.50. The van der Waals surface area contributed by atoms with E-state index in [0.717, 1.165) is 25.0 Å². The summed E-state index contributed by atoms with van der Waals surface area (Å²) in [7, 11) is 0. The molecule has 0 saturated heterocycles. The summed E-state index contributed by atoms with van der Waals surface area (Å²) in [5, 5.41) is 10.1. The van der Waals surface area contributed by atoms with Crippen molar-refractivity contribution in [3.05, 3.63) is 29.8 Å². The summed E-state index contributed by atoms with van der Waals surface area (Å²) >= 11 is 0. The Morgan fingerprint density at radius 1 is 1.53 bits per heavy atom. The number of benzene rings is 1. The predicted octanol–water partition coefficient (Wildman–Crippen LogP) is 2.04. The van der Waals surface area contributed by atoms with Gasteiger partial charge in [0.05, 0.1) is 12.2 Å². The molecule has 0 aromatic heterocycles. The number of ether oxygens (including phenoxy) is 1. The number of hydrogen-bond donors (Lipinski definition) is 2. The van der Waals surface area contributed by atoms with Crippen LogP contribution in [-0.2, 0) is 0 Å². The topological polar surface area (TPSA) is 55.5 Å². The first-order valence-electron chi connectivity index (χ1n) is 6.32. The Kier molecular flexibility index (Phi) is 3.69. The van der Waals surface area contributed by atoms with Gasteiger partial charge in [-0.3, -0.25) is 0 Å². The van der Waals surface area contributed by atoms with Crippen LogP contribution in [0.4, 0.5) is 0 Å². The summed E-state index contributed by atoms with van der Waals surface area (Å²) in [6.07, 6.45) is 2.56. The Labute approximate surface area is 103 Å². The first-order chi connectivity index (χ1) is 8.17. The molecule has 2 atom stereocenters. The van der Waals surface area contributed by atoms with Gasteiger partial charge in [0.1, 0.15) is 5.75 Å². The highest BCUT2D eigenvalue weighted by molar-refractivity contribution is 5.32. The zero-order chi connectivity index (χ0) is 12.3. The minimum atomic E-state index is -0.660. The third kappa shape index (κ3) is 2.79. The fourth-order valence-electron chi connectivity index (χ4n) is 2.60. The minimum Gasteiger partial charge on any atom is -0.494 e. The van der Waals surface area contributed by atoms with E-state index in [1.54, 1.807) is 0 Å². The van der Waals surface area contributed by atoms with Gasteiger partial charge in [0, 0.05) is 6.54 Å². The average molecular weight is 235 g/mol. The molecule has 0 aliphatic heterocycles. The van der Waals surface area contributed by atoms with Crippen molar-refractivity contribution in [3.63, 3.8) is 0 Å². The lowest BCUT2D eigenvalue weighted by Crippen LogP contribution is -2.34. The Morgan fingerprint density at radius 3 is 3.00 bits per heavy atom. The molecular formula is C14H21NO2. The lowest BCUT2D eigenvalue weighted by atomic mass is 9.94. The summed E-state index contributed by atoms with van der Waals surface area (Å²) in [5.41, 5.74) is 6.20. The predicted molar refractivity (Wildman–Crippen MR) is 68.2 cm³/mol. The second-order valence-electron chi connectivity index (χ2n) is 4.87. The molecule has 2 unspecified atom stereocenters. The molecule has 1 aliphatic carbocycles. The van der Waals surface area contributed by atoms with Gasteiger partial charge in [-0.1, -0.05) is 12.1 Å². The van der Waals surface area contributed by atoms with Gasteiger partial charge in [0.15, 0.2) is 0 Å². The van der Waals surface area contributed by atoms with Crippen LogP contribution in [0.3, 0.4) is 0 Å². The van der Waals surface area contributed by atoms with Gasteiger partial charge in [-0.2, -0.15) is 0 Å². The van der Waals surface area contributed by atoms with E-state index in [1.165, 1.54) is 5.56 Å². The number of aliphatic hydroxyl groups is 1. The van der Waals surface area contributed by atoms with Crippen molar-refractivity contribution in [1.29, 1.82) is 0 Å².